The fourth-order valence-electron chi connectivity index (χ4n) is 5.37. The van der Waals surface area contributed by atoms with Gasteiger partial charge in [0.05, 0.1) is 23.1 Å². The summed E-state index contributed by atoms with van der Waals surface area (Å²) in [5, 5.41) is 0. The predicted molar refractivity (Wildman–Crippen MR) is 140 cm³/mol. The molecule has 206 valence electrons. The Balaban J connectivity index is 1.69. The van der Waals surface area contributed by atoms with Crippen molar-refractivity contribution in [3.8, 4) is 23.0 Å². The number of hydrogen-bond acceptors (Lipinski definition) is 9. The molecule has 0 aliphatic carbocycles. The van der Waals surface area contributed by atoms with Crippen molar-refractivity contribution in [3.05, 3.63) is 52.6 Å². The van der Waals surface area contributed by atoms with Crippen LogP contribution < -0.4 is 18.9 Å². The third-order valence-corrected chi connectivity index (χ3v) is 7.05. The van der Waals surface area contributed by atoms with Crippen LogP contribution in [0.3, 0.4) is 0 Å². The molecule has 3 aliphatic heterocycles. The lowest BCUT2D eigenvalue weighted by Gasteiger charge is -2.51. The largest absolute Gasteiger partial charge is 0.484 e. The quantitative estimate of drug-likeness (QED) is 0.372. The first-order valence-corrected chi connectivity index (χ1v) is 12.8. The Hall–Kier alpha value is -3.69. The Morgan fingerprint density at radius 3 is 2.23 bits per heavy atom. The van der Waals surface area contributed by atoms with E-state index in [4.69, 9.17) is 28.4 Å². The van der Waals surface area contributed by atoms with Gasteiger partial charge in [-0.25, -0.2) is 0 Å². The van der Waals surface area contributed by atoms with Crippen molar-refractivity contribution in [1.82, 2.24) is 0 Å². The van der Waals surface area contributed by atoms with E-state index in [0.717, 1.165) is 0 Å². The third-order valence-electron chi connectivity index (χ3n) is 7.05. The van der Waals surface area contributed by atoms with Crippen LogP contribution in [0, 0.1) is 0 Å². The molecule has 1 saturated heterocycles. The smallest absolute Gasteiger partial charge is 0.308 e. The molecule has 1 unspecified atom stereocenters. The fraction of sp³-hybridized carbons (Fsp3) is 0.433. The van der Waals surface area contributed by atoms with Crippen molar-refractivity contribution in [1.29, 1.82) is 0 Å². The molecule has 0 radical (unpaired) electrons. The number of carbonyl (C=O) groups is 3. The van der Waals surface area contributed by atoms with Crippen LogP contribution in [0.2, 0.25) is 0 Å². The van der Waals surface area contributed by atoms with Gasteiger partial charge in [0.2, 0.25) is 0 Å². The van der Waals surface area contributed by atoms with Crippen molar-refractivity contribution in [2.75, 3.05) is 7.11 Å². The highest BCUT2D eigenvalue weighted by molar-refractivity contribution is 6.06. The van der Waals surface area contributed by atoms with Crippen molar-refractivity contribution in [2.45, 2.75) is 77.5 Å². The van der Waals surface area contributed by atoms with Crippen LogP contribution in [0.5, 0.6) is 23.0 Å². The van der Waals surface area contributed by atoms with Gasteiger partial charge in [0.1, 0.15) is 46.7 Å². The Morgan fingerprint density at radius 2 is 1.64 bits per heavy atom. The minimum atomic E-state index is -0.685. The Bertz CT molecular complexity index is 1380. The second-order valence-corrected chi connectivity index (χ2v) is 11.0. The van der Waals surface area contributed by atoms with Gasteiger partial charge in [-0.15, -0.1) is 0 Å². The number of methoxy groups -OCH3 is 1. The Morgan fingerprint density at radius 1 is 0.974 bits per heavy atom. The van der Waals surface area contributed by atoms with Crippen molar-refractivity contribution in [3.63, 3.8) is 0 Å². The van der Waals surface area contributed by atoms with Gasteiger partial charge < -0.3 is 28.4 Å². The number of carbonyl (C=O) groups excluding carboxylic acids is 3. The number of esters is 2. The van der Waals surface area contributed by atoms with Gasteiger partial charge in [-0.1, -0.05) is 12.1 Å². The fourth-order valence-corrected chi connectivity index (χ4v) is 5.37. The van der Waals surface area contributed by atoms with Crippen LogP contribution in [0.1, 0.15) is 87.2 Å². The second-order valence-electron chi connectivity index (χ2n) is 11.0. The molecule has 0 aromatic heterocycles. The van der Waals surface area contributed by atoms with Crippen LogP contribution in [-0.2, 0) is 19.1 Å². The summed E-state index contributed by atoms with van der Waals surface area (Å²) >= 11 is 0. The van der Waals surface area contributed by atoms with Crippen LogP contribution >= 0.6 is 0 Å². The van der Waals surface area contributed by atoms with E-state index < -0.39 is 35.3 Å². The molecule has 3 atom stereocenters. The number of ether oxygens (including phenoxy) is 6. The van der Waals surface area contributed by atoms with E-state index in [9.17, 15) is 14.4 Å². The van der Waals surface area contributed by atoms with Crippen molar-refractivity contribution < 1.29 is 42.8 Å². The van der Waals surface area contributed by atoms with Crippen LogP contribution in [0.4, 0.5) is 0 Å². The van der Waals surface area contributed by atoms with Crippen molar-refractivity contribution >= 4 is 23.8 Å². The molecule has 3 aliphatic rings. The molecule has 1 fully saturated rings. The first-order valence-electron chi connectivity index (χ1n) is 12.8. The normalized spacial score (nSPS) is 23.9. The lowest BCUT2D eigenvalue weighted by atomic mass is 9.80. The van der Waals surface area contributed by atoms with E-state index in [2.05, 4.69) is 0 Å². The molecule has 2 aromatic rings. The topological polar surface area (TPSA) is 107 Å². The highest BCUT2D eigenvalue weighted by Crippen LogP contribution is 2.58. The summed E-state index contributed by atoms with van der Waals surface area (Å²) in [4.78, 5) is 37.3. The van der Waals surface area contributed by atoms with Gasteiger partial charge >= 0.3 is 11.9 Å². The maximum atomic E-state index is 13.8. The summed E-state index contributed by atoms with van der Waals surface area (Å²) < 4.78 is 35.9. The second kappa shape index (κ2) is 9.50. The zero-order valence-corrected chi connectivity index (χ0v) is 23.1. The van der Waals surface area contributed by atoms with E-state index in [-0.39, 0.29) is 35.4 Å². The first kappa shape index (κ1) is 26.9. The zero-order valence-electron chi connectivity index (χ0n) is 23.1. The Kier molecular flexibility index (Phi) is 6.55. The van der Waals surface area contributed by atoms with Gasteiger partial charge in [0.25, 0.3) is 0 Å². The van der Waals surface area contributed by atoms with E-state index in [1.165, 1.54) is 13.8 Å². The molecule has 0 spiro atoms. The highest BCUT2D eigenvalue weighted by Gasteiger charge is 2.54. The maximum Gasteiger partial charge on any atom is 0.308 e. The number of ketones is 1. The molecule has 0 saturated carbocycles. The molecule has 5 rings (SSSR count). The Labute approximate surface area is 227 Å². The maximum absolute atomic E-state index is 13.8. The van der Waals surface area contributed by atoms with Gasteiger partial charge in [-0.05, 0) is 57.5 Å². The van der Waals surface area contributed by atoms with Crippen molar-refractivity contribution in [2.24, 2.45) is 0 Å². The summed E-state index contributed by atoms with van der Waals surface area (Å²) in [5.41, 5.74) is 0.621. The van der Waals surface area contributed by atoms with Crippen LogP contribution in [-0.4, -0.2) is 42.1 Å². The summed E-state index contributed by atoms with van der Waals surface area (Å²) in [6, 6.07) is 6.78. The van der Waals surface area contributed by atoms with E-state index in [1.807, 2.05) is 33.8 Å². The average Bonchev–Trinajstić information content (AvgIpc) is 2.82. The zero-order chi connectivity index (χ0) is 28.3. The molecular formula is C30H32O9. The summed E-state index contributed by atoms with van der Waals surface area (Å²) in [6.45, 7) is 10.3. The minimum absolute atomic E-state index is 0.00713. The van der Waals surface area contributed by atoms with Gasteiger partial charge in [0, 0.05) is 21.0 Å². The van der Waals surface area contributed by atoms with Gasteiger partial charge in [0.15, 0.2) is 11.5 Å². The summed E-state index contributed by atoms with van der Waals surface area (Å²) in [7, 11) is 1.61. The van der Waals surface area contributed by atoms with Gasteiger partial charge in [-0.2, -0.15) is 0 Å². The number of Topliss-reactive ketones (excluding diaryl/α,β-unsaturated/α-hetero) is 1. The molecule has 39 heavy (non-hydrogen) atoms. The molecule has 0 amide bonds. The monoisotopic (exact) mass is 536 g/mol. The SMILES string of the molecule is COC1[C@H](c2c3c(c(OC(C)=O)c4c2O[C@@H](c2ccc(OC(C)=O)cc2)CC4=O)C=CC(C)(C)O3)OC1(C)C. The lowest BCUT2D eigenvalue weighted by molar-refractivity contribution is -0.286. The standard InChI is InChI=1S/C30H32O9/c1-15(31)35-18-10-8-17(9-11-18)21-14-20(33)22-24(36-16(2)32)19-12-13-29(3,4)38-25(19)23(26(22)37-21)27-28(34-7)30(5,6)39-27/h8-13,21,27-28H,14H2,1-7H3/t21-,27+,28?/m1/s1. The number of benzene rings is 2. The molecule has 0 bridgehead atoms. The number of fused-ring (bicyclic) bond motifs is 2. The molecule has 0 N–H and O–H groups in total. The first-order chi connectivity index (χ1) is 18.3. The predicted octanol–water partition coefficient (Wildman–Crippen LogP) is 5.29. The molecule has 9 heteroatoms. The molecule has 3 heterocycles. The van der Waals surface area contributed by atoms with E-state index >= 15 is 0 Å². The molecular weight excluding hydrogens is 504 g/mol. The summed E-state index contributed by atoms with van der Waals surface area (Å²) in [6.07, 6.45) is 2.05. The lowest BCUT2D eigenvalue weighted by Crippen LogP contribution is -2.56. The summed E-state index contributed by atoms with van der Waals surface area (Å²) in [5.74, 6) is -0.113. The van der Waals surface area contributed by atoms with E-state index in [1.54, 1.807) is 37.5 Å². The number of rotatable bonds is 5. The van der Waals surface area contributed by atoms with E-state index in [0.29, 0.717) is 28.2 Å². The number of hydrogen-bond donors (Lipinski definition) is 0. The molecule has 9 nitrogen and oxygen atoms in total. The highest BCUT2D eigenvalue weighted by atomic mass is 16.6. The third kappa shape index (κ3) is 4.81. The molecule has 2 aromatic carbocycles. The average molecular weight is 537 g/mol. The van der Waals surface area contributed by atoms with Crippen LogP contribution in [0.25, 0.3) is 6.08 Å². The van der Waals surface area contributed by atoms with Gasteiger partial charge in [-0.3, -0.25) is 14.4 Å². The van der Waals surface area contributed by atoms with Crippen LogP contribution in [0.15, 0.2) is 30.3 Å². The minimum Gasteiger partial charge on any atom is -0.484 e.